The highest BCUT2D eigenvalue weighted by Gasteiger charge is 2.23. The number of benzene rings is 1. The van der Waals surface area contributed by atoms with Gasteiger partial charge in [0.1, 0.15) is 0 Å². The van der Waals surface area contributed by atoms with Gasteiger partial charge < -0.3 is 4.90 Å². The molecule has 1 aliphatic carbocycles. The van der Waals surface area contributed by atoms with Crippen molar-refractivity contribution in [3.8, 4) is 0 Å². The van der Waals surface area contributed by atoms with Crippen molar-refractivity contribution in [2.45, 2.75) is 38.5 Å². The molecule has 1 aliphatic heterocycles. The van der Waals surface area contributed by atoms with Crippen LogP contribution in [0.4, 0.5) is 5.69 Å². The molecule has 2 aliphatic rings. The third-order valence-corrected chi connectivity index (χ3v) is 4.56. The maximum absolute atomic E-state index is 4.92. The minimum atomic E-state index is 1.17. The zero-order valence-corrected chi connectivity index (χ0v) is 11.4. The predicted molar refractivity (Wildman–Crippen MR) is 79.8 cm³/mol. The molecule has 0 radical (unpaired) electrons. The molecule has 0 N–H and O–H groups in total. The van der Waals surface area contributed by atoms with Crippen LogP contribution in [0.15, 0.2) is 24.3 Å². The summed E-state index contributed by atoms with van der Waals surface area (Å²) in [6.45, 7) is 2.45. The second-order valence-electron chi connectivity index (χ2n) is 5.80. The van der Waals surface area contributed by atoms with Crippen molar-refractivity contribution in [2.24, 2.45) is 0 Å². The lowest BCUT2D eigenvalue weighted by atomic mass is 9.92. The van der Waals surface area contributed by atoms with E-state index in [0.717, 1.165) is 0 Å². The maximum atomic E-state index is 4.92. The number of nitrogens with zero attached hydrogens (tertiary/aromatic N) is 2. The molecule has 0 atom stereocenters. The standard InChI is InChI=1S/C17H20N2/c1-3-9-15-13(7-1)17(19-11-5-6-12-19)14-8-2-4-10-16(14)18-15/h1,3,7,9H,2,4-6,8,10-12H2. The number of fused-ring (bicyclic) bond motifs is 2. The lowest BCUT2D eigenvalue weighted by molar-refractivity contribution is 0.669. The van der Waals surface area contributed by atoms with Crippen LogP contribution in [-0.4, -0.2) is 18.1 Å². The van der Waals surface area contributed by atoms with Gasteiger partial charge >= 0.3 is 0 Å². The summed E-state index contributed by atoms with van der Waals surface area (Å²) in [6.07, 6.45) is 7.70. The summed E-state index contributed by atoms with van der Waals surface area (Å²) in [7, 11) is 0. The van der Waals surface area contributed by atoms with Crippen molar-refractivity contribution in [1.29, 1.82) is 0 Å². The Morgan fingerprint density at radius 2 is 1.68 bits per heavy atom. The predicted octanol–water partition coefficient (Wildman–Crippen LogP) is 3.71. The Hall–Kier alpha value is -1.57. The Bertz CT molecular complexity index is 612. The Morgan fingerprint density at radius 3 is 2.58 bits per heavy atom. The van der Waals surface area contributed by atoms with Gasteiger partial charge in [-0.2, -0.15) is 0 Å². The molecule has 2 aromatic rings. The summed E-state index contributed by atoms with van der Waals surface area (Å²) in [6, 6.07) is 8.69. The Morgan fingerprint density at radius 1 is 0.895 bits per heavy atom. The zero-order chi connectivity index (χ0) is 12.7. The topological polar surface area (TPSA) is 16.1 Å². The van der Waals surface area contributed by atoms with Gasteiger partial charge in [0.2, 0.25) is 0 Å². The minimum absolute atomic E-state index is 1.17. The van der Waals surface area contributed by atoms with Gasteiger partial charge in [-0.25, -0.2) is 0 Å². The Labute approximate surface area is 114 Å². The molecule has 2 nitrogen and oxygen atoms in total. The third kappa shape index (κ3) is 1.81. The number of rotatable bonds is 1. The first-order valence-electron chi connectivity index (χ1n) is 7.59. The van der Waals surface area contributed by atoms with Crippen LogP contribution in [0.5, 0.6) is 0 Å². The van der Waals surface area contributed by atoms with Gasteiger partial charge in [0, 0.05) is 24.2 Å². The van der Waals surface area contributed by atoms with Gasteiger partial charge in [0.05, 0.1) is 11.2 Å². The fraction of sp³-hybridized carbons (Fsp3) is 0.471. The first-order valence-corrected chi connectivity index (χ1v) is 7.59. The van der Waals surface area contributed by atoms with Gasteiger partial charge in [-0.15, -0.1) is 0 Å². The van der Waals surface area contributed by atoms with Gasteiger partial charge in [0.15, 0.2) is 0 Å². The van der Waals surface area contributed by atoms with Gasteiger partial charge in [-0.3, -0.25) is 4.98 Å². The highest BCUT2D eigenvalue weighted by molar-refractivity contribution is 5.94. The highest BCUT2D eigenvalue weighted by atomic mass is 15.1. The second kappa shape index (κ2) is 4.52. The number of pyridine rings is 1. The Kier molecular flexibility index (Phi) is 2.68. The molecule has 1 fully saturated rings. The number of hydrogen-bond acceptors (Lipinski definition) is 2. The van der Waals surface area contributed by atoms with Crippen LogP contribution in [0.2, 0.25) is 0 Å². The number of para-hydroxylation sites is 1. The molecule has 4 rings (SSSR count). The quantitative estimate of drug-likeness (QED) is 0.769. The van der Waals surface area contributed by atoms with Crippen LogP contribution in [0.25, 0.3) is 10.9 Å². The van der Waals surface area contributed by atoms with Gasteiger partial charge in [-0.1, -0.05) is 18.2 Å². The fourth-order valence-corrected chi connectivity index (χ4v) is 3.65. The summed E-state index contributed by atoms with van der Waals surface area (Å²) in [4.78, 5) is 7.53. The number of aromatic nitrogens is 1. The fourth-order valence-electron chi connectivity index (χ4n) is 3.65. The highest BCUT2D eigenvalue weighted by Crippen LogP contribution is 2.37. The van der Waals surface area contributed by atoms with Crippen LogP contribution < -0.4 is 4.90 Å². The maximum Gasteiger partial charge on any atom is 0.0726 e. The molecule has 1 aromatic heterocycles. The van der Waals surface area contributed by atoms with Gasteiger partial charge in [-0.05, 0) is 50.2 Å². The monoisotopic (exact) mass is 252 g/mol. The molecule has 98 valence electrons. The number of aryl methyl sites for hydroxylation is 1. The zero-order valence-electron chi connectivity index (χ0n) is 11.4. The van der Waals surface area contributed by atoms with Crippen LogP contribution in [0.1, 0.15) is 36.9 Å². The second-order valence-corrected chi connectivity index (χ2v) is 5.80. The summed E-state index contributed by atoms with van der Waals surface area (Å²) in [5.74, 6) is 0. The number of hydrogen-bond donors (Lipinski definition) is 0. The molecule has 0 spiro atoms. The lowest BCUT2D eigenvalue weighted by Gasteiger charge is -2.27. The Balaban J connectivity index is 2.00. The van der Waals surface area contributed by atoms with Crippen molar-refractivity contribution in [3.63, 3.8) is 0 Å². The molecule has 1 saturated heterocycles. The molecule has 19 heavy (non-hydrogen) atoms. The van der Waals surface area contributed by atoms with E-state index in [1.807, 2.05) is 0 Å². The van der Waals surface area contributed by atoms with E-state index in [4.69, 9.17) is 4.98 Å². The molecule has 0 saturated carbocycles. The molecule has 0 unspecified atom stereocenters. The third-order valence-electron chi connectivity index (χ3n) is 4.56. The van der Waals surface area contributed by atoms with Crippen LogP contribution in [0.3, 0.4) is 0 Å². The van der Waals surface area contributed by atoms with Crippen LogP contribution in [0, 0.1) is 0 Å². The van der Waals surface area contributed by atoms with Crippen LogP contribution in [-0.2, 0) is 12.8 Å². The van der Waals surface area contributed by atoms with Crippen molar-refractivity contribution in [2.75, 3.05) is 18.0 Å². The van der Waals surface area contributed by atoms with Crippen molar-refractivity contribution >= 4 is 16.6 Å². The largest absolute Gasteiger partial charge is 0.371 e. The molecule has 2 heterocycles. The molecule has 0 amide bonds. The van der Waals surface area contributed by atoms with E-state index in [0.29, 0.717) is 0 Å². The van der Waals surface area contributed by atoms with E-state index in [9.17, 15) is 0 Å². The van der Waals surface area contributed by atoms with Crippen molar-refractivity contribution < 1.29 is 0 Å². The summed E-state index contributed by atoms with van der Waals surface area (Å²) in [5, 5.41) is 1.37. The van der Waals surface area contributed by atoms with E-state index in [-0.39, 0.29) is 0 Å². The summed E-state index contributed by atoms with van der Waals surface area (Å²) >= 11 is 0. The average Bonchev–Trinajstić information content (AvgIpc) is 2.98. The van der Waals surface area contributed by atoms with E-state index < -0.39 is 0 Å². The first-order chi connectivity index (χ1) is 9.43. The van der Waals surface area contributed by atoms with E-state index in [1.165, 1.54) is 73.9 Å². The van der Waals surface area contributed by atoms with Gasteiger partial charge in [0.25, 0.3) is 0 Å². The molecule has 2 heteroatoms. The van der Waals surface area contributed by atoms with Crippen LogP contribution >= 0.6 is 0 Å². The smallest absolute Gasteiger partial charge is 0.0726 e. The normalized spacial score (nSPS) is 18.8. The lowest BCUT2D eigenvalue weighted by Crippen LogP contribution is -2.22. The van der Waals surface area contributed by atoms with E-state index in [2.05, 4.69) is 29.2 Å². The van der Waals surface area contributed by atoms with Crippen molar-refractivity contribution in [1.82, 2.24) is 4.98 Å². The van der Waals surface area contributed by atoms with E-state index >= 15 is 0 Å². The molecule has 0 bridgehead atoms. The van der Waals surface area contributed by atoms with Crippen molar-refractivity contribution in [3.05, 3.63) is 35.5 Å². The molecular formula is C17H20N2. The summed E-state index contributed by atoms with van der Waals surface area (Å²) < 4.78 is 0. The number of anilines is 1. The molecule has 1 aromatic carbocycles. The molecular weight excluding hydrogens is 232 g/mol. The minimum Gasteiger partial charge on any atom is -0.371 e. The first kappa shape index (κ1) is 11.3. The average molecular weight is 252 g/mol. The van der Waals surface area contributed by atoms with E-state index in [1.54, 1.807) is 5.56 Å². The summed E-state index contributed by atoms with van der Waals surface area (Å²) in [5.41, 5.74) is 5.61. The SMILES string of the molecule is c1ccc2c(N3CCCC3)c3c(nc2c1)CCCC3.